The molecule has 1 heterocycles. The number of nitrogens with one attached hydrogen (secondary N) is 1. The zero-order valence-electron chi connectivity index (χ0n) is 23.6. The monoisotopic (exact) mass is 570 g/mol. The fourth-order valence-corrected chi connectivity index (χ4v) is 5.70. The Bertz CT molecular complexity index is 1430. The van der Waals surface area contributed by atoms with Gasteiger partial charge in [-0.1, -0.05) is 85.8 Å². The number of benzene rings is 3. The molecule has 4 atom stereocenters. The Hall–Kier alpha value is -4.50. The van der Waals surface area contributed by atoms with E-state index in [0.29, 0.717) is 6.42 Å². The Morgan fingerprint density at radius 3 is 2.19 bits per heavy atom. The molecular formula is C33H34N2O7. The van der Waals surface area contributed by atoms with Crippen molar-refractivity contribution in [3.8, 4) is 11.1 Å². The first-order valence-electron chi connectivity index (χ1n) is 14.1. The number of aliphatic hydroxyl groups excluding tert-OH is 1. The number of fused-ring (bicyclic) bond motifs is 3. The molecular weight excluding hydrogens is 536 g/mol. The molecule has 1 saturated heterocycles. The first-order valence-corrected chi connectivity index (χ1v) is 14.1. The van der Waals surface area contributed by atoms with Crippen molar-refractivity contribution in [2.24, 2.45) is 11.8 Å². The van der Waals surface area contributed by atoms with E-state index < -0.39 is 47.9 Å². The van der Waals surface area contributed by atoms with E-state index in [-0.39, 0.29) is 25.7 Å². The number of imide groups is 1. The molecule has 0 bridgehead atoms. The summed E-state index contributed by atoms with van der Waals surface area (Å²) < 4.78 is 10.6. The van der Waals surface area contributed by atoms with Crippen molar-refractivity contribution in [2.45, 2.75) is 38.3 Å². The number of amides is 3. The molecule has 0 spiro atoms. The van der Waals surface area contributed by atoms with Crippen LogP contribution in [0.1, 0.15) is 36.5 Å². The lowest BCUT2D eigenvalue weighted by Crippen LogP contribution is -2.47. The predicted octanol–water partition coefficient (Wildman–Crippen LogP) is 4.32. The molecule has 3 aromatic carbocycles. The van der Waals surface area contributed by atoms with Gasteiger partial charge in [0, 0.05) is 18.4 Å². The van der Waals surface area contributed by atoms with E-state index >= 15 is 0 Å². The smallest absolute Gasteiger partial charge is 0.417 e. The van der Waals surface area contributed by atoms with Gasteiger partial charge in [0.2, 0.25) is 5.91 Å². The maximum atomic E-state index is 13.2. The fraction of sp³-hybridized carbons (Fsp3) is 0.333. The van der Waals surface area contributed by atoms with Crippen LogP contribution in [-0.4, -0.2) is 65.8 Å². The van der Waals surface area contributed by atoms with Gasteiger partial charge in [-0.15, -0.1) is 0 Å². The van der Waals surface area contributed by atoms with Gasteiger partial charge in [-0.2, -0.15) is 0 Å². The van der Waals surface area contributed by atoms with E-state index in [4.69, 9.17) is 9.47 Å². The number of carbonyl (C=O) groups is 4. The number of nitrogens with zero attached hydrogens (tertiary/aromatic N) is 1. The van der Waals surface area contributed by atoms with Crippen LogP contribution in [0.4, 0.5) is 9.59 Å². The number of hydrogen-bond acceptors (Lipinski definition) is 7. The van der Waals surface area contributed by atoms with Crippen molar-refractivity contribution in [3.63, 3.8) is 0 Å². The third-order valence-corrected chi connectivity index (χ3v) is 8.13. The topological polar surface area (TPSA) is 122 Å². The molecule has 1 aliphatic heterocycles. The third-order valence-electron chi connectivity index (χ3n) is 8.13. The van der Waals surface area contributed by atoms with Crippen molar-refractivity contribution in [3.05, 3.63) is 95.6 Å². The van der Waals surface area contributed by atoms with Gasteiger partial charge in [0.1, 0.15) is 19.0 Å². The number of aliphatic hydroxyl groups is 1. The van der Waals surface area contributed by atoms with Crippen molar-refractivity contribution in [2.75, 3.05) is 19.8 Å². The SMILES string of the molecule is C[C@@H](C(=O)[C@@H](C)[C@H](O)CNC(=O)OCC1c2ccccc2-c2ccccc21)C(=O)N1C(=O)OC[C@@H]1Cc1ccccc1. The summed E-state index contributed by atoms with van der Waals surface area (Å²) in [5.74, 6) is -3.49. The highest BCUT2D eigenvalue weighted by Crippen LogP contribution is 2.44. The molecule has 9 nitrogen and oxygen atoms in total. The molecule has 3 amide bonds. The molecule has 9 heteroatoms. The van der Waals surface area contributed by atoms with E-state index in [1.165, 1.54) is 13.8 Å². The molecule has 2 N–H and O–H groups in total. The van der Waals surface area contributed by atoms with E-state index in [0.717, 1.165) is 32.7 Å². The van der Waals surface area contributed by atoms with Crippen molar-refractivity contribution >= 4 is 23.9 Å². The minimum absolute atomic E-state index is 0.0443. The van der Waals surface area contributed by atoms with Crippen LogP contribution >= 0.6 is 0 Å². The number of ether oxygens (including phenoxy) is 2. The second-order valence-corrected chi connectivity index (χ2v) is 10.8. The summed E-state index contributed by atoms with van der Waals surface area (Å²) in [5, 5.41) is 13.2. The number of ketones is 1. The summed E-state index contributed by atoms with van der Waals surface area (Å²) >= 11 is 0. The van der Waals surface area contributed by atoms with E-state index in [1.54, 1.807) is 0 Å². The molecule has 2 aliphatic rings. The Balaban J connectivity index is 1.13. The summed E-state index contributed by atoms with van der Waals surface area (Å²) in [6.07, 6.45) is -2.37. The van der Waals surface area contributed by atoms with Crippen LogP contribution in [0.5, 0.6) is 0 Å². The molecule has 1 aliphatic carbocycles. The van der Waals surface area contributed by atoms with Gasteiger partial charge in [-0.3, -0.25) is 9.59 Å². The summed E-state index contributed by atoms with van der Waals surface area (Å²) in [4.78, 5) is 52.2. The average Bonchev–Trinajstić information content (AvgIpc) is 3.54. The number of cyclic esters (lactones) is 1. The van der Waals surface area contributed by atoms with E-state index in [9.17, 15) is 24.3 Å². The Labute approximate surface area is 244 Å². The van der Waals surface area contributed by atoms with E-state index in [2.05, 4.69) is 5.32 Å². The molecule has 218 valence electrons. The first kappa shape index (κ1) is 29.0. The second-order valence-electron chi connectivity index (χ2n) is 10.8. The van der Waals surface area contributed by atoms with Crippen LogP contribution in [-0.2, 0) is 25.5 Å². The normalized spacial score (nSPS) is 17.9. The fourth-order valence-electron chi connectivity index (χ4n) is 5.70. The first-order chi connectivity index (χ1) is 20.3. The number of hydrogen-bond donors (Lipinski definition) is 2. The van der Waals surface area contributed by atoms with Crippen LogP contribution < -0.4 is 5.32 Å². The lowest BCUT2D eigenvalue weighted by Gasteiger charge is -2.25. The van der Waals surface area contributed by atoms with Gasteiger partial charge in [0.05, 0.1) is 18.1 Å². The maximum absolute atomic E-state index is 13.2. The van der Waals surface area contributed by atoms with Crippen molar-refractivity contribution in [1.29, 1.82) is 0 Å². The molecule has 42 heavy (non-hydrogen) atoms. The van der Waals surface area contributed by atoms with Crippen LogP contribution in [0, 0.1) is 11.8 Å². The Kier molecular flexibility index (Phi) is 8.68. The Morgan fingerprint density at radius 2 is 1.55 bits per heavy atom. The molecule has 0 saturated carbocycles. The molecule has 5 rings (SSSR count). The zero-order chi connectivity index (χ0) is 29.8. The minimum Gasteiger partial charge on any atom is -0.449 e. The predicted molar refractivity (Wildman–Crippen MR) is 155 cm³/mol. The molecule has 3 aromatic rings. The lowest BCUT2D eigenvalue weighted by molar-refractivity contribution is -0.141. The van der Waals surface area contributed by atoms with Gasteiger partial charge in [0.25, 0.3) is 0 Å². The van der Waals surface area contributed by atoms with Crippen molar-refractivity contribution in [1.82, 2.24) is 10.2 Å². The third kappa shape index (κ3) is 5.92. The highest BCUT2D eigenvalue weighted by molar-refractivity contribution is 6.07. The zero-order valence-corrected chi connectivity index (χ0v) is 23.6. The number of alkyl carbamates (subject to hydrolysis) is 1. The highest BCUT2D eigenvalue weighted by atomic mass is 16.6. The standard InChI is InChI=1S/C33H34N2O7/c1-20(30(37)21(2)31(38)35-23(18-42-33(35)40)16-22-10-4-3-5-11-22)29(36)17-34-32(39)41-19-28-26-14-8-6-12-24(26)25-13-7-9-15-27(25)28/h3-15,20-21,23,28-29,36H,16-19H2,1-2H3,(H,34,39)/t20-,21-,23-,29+/m0/s1. The molecule has 0 radical (unpaired) electrons. The van der Waals surface area contributed by atoms with Crippen LogP contribution in [0.3, 0.4) is 0 Å². The minimum atomic E-state index is -1.26. The summed E-state index contributed by atoms with van der Waals surface area (Å²) in [6.45, 7) is 2.82. The quantitative estimate of drug-likeness (QED) is 0.348. The maximum Gasteiger partial charge on any atom is 0.417 e. The number of carbonyl (C=O) groups excluding carboxylic acids is 4. The Morgan fingerprint density at radius 1 is 0.952 bits per heavy atom. The summed E-state index contributed by atoms with van der Waals surface area (Å²) in [6, 6.07) is 24.8. The highest BCUT2D eigenvalue weighted by Gasteiger charge is 2.42. The van der Waals surface area contributed by atoms with Gasteiger partial charge in [0.15, 0.2) is 0 Å². The molecule has 0 unspecified atom stereocenters. The average molecular weight is 571 g/mol. The van der Waals surface area contributed by atoms with Crippen molar-refractivity contribution < 1.29 is 33.8 Å². The van der Waals surface area contributed by atoms with Gasteiger partial charge >= 0.3 is 12.2 Å². The van der Waals surface area contributed by atoms with Crippen LogP contribution in [0.2, 0.25) is 0 Å². The van der Waals surface area contributed by atoms with E-state index in [1.807, 2.05) is 78.9 Å². The number of rotatable bonds is 10. The largest absolute Gasteiger partial charge is 0.449 e. The lowest BCUT2D eigenvalue weighted by atomic mass is 9.89. The van der Waals surface area contributed by atoms with Gasteiger partial charge in [-0.05, 0) is 41.2 Å². The molecule has 1 fully saturated rings. The van der Waals surface area contributed by atoms with Gasteiger partial charge in [-0.25, -0.2) is 14.5 Å². The van der Waals surface area contributed by atoms with Crippen LogP contribution in [0.25, 0.3) is 11.1 Å². The summed E-state index contributed by atoms with van der Waals surface area (Å²) in [5.41, 5.74) is 5.32. The number of Topliss-reactive ketones (excluding diaryl/α,β-unsaturated/α-hetero) is 1. The summed E-state index contributed by atoms with van der Waals surface area (Å²) in [7, 11) is 0. The molecule has 0 aromatic heterocycles. The second kappa shape index (κ2) is 12.6. The van der Waals surface area contributed by atoms with Gasteiger partial charge < -0.3 is 19.9 Å². The van der Waals surface area contributed by atoms with Crippen LogP contribution in [0.15, 0.2) is 78.9 Å².